The highest BCUT2D eigenvalue weighted by Crippen LogP contribution is 2.24. The van der Waals surface area contributed by atoms with Gasteiger partial charge in [0.25, 0.3) is 0 Å². The fourth-order valence-electron chi connectivity index (χ4n) is 1.83. The Balaban J connectivity index is 1.97. The number of phenols is 1. The Hall–Kier alpha value is -0.870. The highest BCUT2D eigenvalue weighted by atomic mass is 32.2. The summed E-state index contributed by atoms with van der Waals surface area (Å²) in [5.74, 6) is 3.44. The molecule has 0 aliphatic carbocycles. The first-order valence-electron chi connectivity index (χ1n) is 5.46. The van der Waals surface area contributed by atoms with Gasteiger partial charge in [0.2, 0.25) is 0 Å². The van der Waals surface area contributed by atoms with E-state index in [9.17, 15) is 5.11 Å². The summed E-state index contributed by atoms with van der Waals surface area (Å²) in [6.07, 6.45) is 1.24. The monoisotopic (exact) mass is 239 g/mol. The van der Waals surface area contributed by atoms with E-state index in [2.05, 4.69) is 5.32 Å². The third kappa shape index (κ3) is 2.83. The molecule has 2 N–H and O–H groups in total. The van der Waals surface area contributed by atoms with Crippen LogP contribution in [0.3, 0.4) is 0 Å². The molecule has 0 bridgehead atoms. The van der Waals surface area contributed by atoms with Crippen molar-refractivity contribution in [1.29, 1.82) is 0 Å². The first kappa shape index (κ1) is 11.6. The van der Waals surface area contributed by atoms with Crippen molar-refractivity contribution in [2.24, 2.45) is 0 Å². The zero-order valence-electron chi connectivity index (χ0n) is 9.40. The van der Waals surface area contributed by atoms with E-state index in [1.54, 1.807) is 19.2 Å². The van der Waals surface area contributed by atoms with Crippen molar-refractivity contribution in [3.8, 4) is 11.5 Å². The molecule has 4 heteroatoms. The van der Waals surface area contributed by atoms with E-state index in [1.807, 2.05) is 17.8 Å². The highest BCUT2D eigenvalue weighted by Gasteiger charge is 2.15. The van der Waals surface area contributed by atoms with Crippen molar-refractivity contribution in [1.82, 2.24) is 5.32 Å². The minimum atomic E-state index is 0.247. The van der Waals surface area contributed by atoms with Crippen LogP contribution in [0.25, 0.3) is 0 Å². The topological polar surface area (TPSA) is 41.5 Å². The van der Waals surface area contributed by atoms with Gasteiger partial charge in [-0.15, -0.1) is 0 Å². The molecule has 0 radical (unpaired) electrons. The van der Waals surface area contributed by atoms with E-state index in [-0.39, 0.29) is 5.75 Å². The van der Waals surface area contributed by atoms with Gasteiger partial charge in [-0.25, -0.2) is 0 Å². The predicted molar refractivity (Wildman–Crippen MR) is 67.2 cm³/mol. The van der Waals surface area contributed by atoms with E-state index in [4.69, 9.17) is 4.74 Å². The van der Waals surface area contributed by atoms with Crippen molar-refractivity contribution in [3.63, 3.8) is 0 Å². The summed E-state index contributed by atoms with van der Waals surface area (Å²) in [7, 11) is 1.63. The number of hydrogen-bond donors (Lipinski definition) is 2. The summed E-state index contributed by atoms with van der Waals surface area (Å²) < 4.78 is 5.24. The SMILES string of the molecule is COc1cc(O)ccc1CNC1CCSC1. The predicted octanol–water partition coefficient (Wildman–Crippen LogP) is 2.00. The number of hydrogen-bond acceptors (Lipinski definition) is 4. The quantitative estimate of drug-likeness (QED) is 0.843. The molecule has 0 amide bonds. The van der Waals surface area contributed by atoms with Gasteiger partial charge in [0.05, 0.1) is 7.11 Å². The lowest BCUT2D eigenvalue weighted by Gasteiger charge is -2.13. The largest absolute Gasteiger partial charge is 0.508 e. The molecule has 2 rings (SSSR count). The minimum Gasteiger partial charge on any atom is -0.508 e. The van der Waals surface area contributed by atoms with Crippen LogP contribution >= 0.6 is 11.8 Å². The molecule has 3 nitrogen and oxygen atoms in total. The van der Waals surface area contributed by atoms with Gasteiger partial charge in [-0.05, 0) is 18.2 Å². The number of ether oxygens (including phenoxy) is 1. The number of benzene rings is 1. The Morgan fingerprint density at radius 2 is 2.44 bits per heavy atom. The van der Waals surface area contributed by atoms with E-state index in [0.717, 1.165) is 17.9 Å². The van der Waals surface area contributed by atoms with Crippen LogP contribution in [0.15, 0.2) is 18.2 Å². The molecular formula is C12H17NO2S. The lowest BCUT2D eigenvalue weighted by molar-refractivity contribution is 0.399. The Labute approximate surface area is 100 Å². The summed E-state index contributed by atoms with van der Waals surface area (Å²) in [6.45, 7) is 0.800. The van der Waals surface area contributed by atoms with Crippen molar-refractivity contribution < 1.29 is 9.84 Å². The van der Waals surface area contributed by atoms with E-state index < -0.39 is 0 Å². The number of nitrogens with one attached hydrogen (secondary N) is 1. The average Bonchev–Trinajstić information content (AvgIpc) is 2.80. The first-order valence-corrected chi connectivity index (χ1v) is 6.62. The fourth-order valence-corrected chi connectivity index (χ4v) is 3.02. The Bertz CT molecular complexity index is 351. The third-order valence-corrected chi connectivity index (χ3v) is 3.94. The van der Waals surface area contributed by atoms with Crippen molar-refractivity contribution in [2.45, 2.75) is 19.0 Å². The summed E-state index contributed by atoms with van der Waals surface area (Å²) in [4.78, 5) is 0. The van der Waals surface area contributed by atoms with Gasteiger partial charge in [-0.3, -0.25) is 0 Å². The van der Waals surface area contributed by atoms with Gasteiger partial charge < -0.3 is 15.2 Å². The van der Waals surface area contributed by atoms with E-state index in [1.165, 1.54) is 17.9 Å². The van der Waals surface area contributed by atoms with Crippen LogP contribution in [-0.4, -0.2) is 29.8 Å². The molecule has 1 unspecified atom stereocenters. The fraction of sp³-hybridized carbons (Fsp3) is 0.500. The number of methoxy groups -OCH3 is 1. The smallest absolute Gasteiger partial charge is 0.127 e. The van der Waals surface area contributed by atoms with Crippen molar-refractivity contribution in [3.05, 3.63) is 23.8 Å². The molecule has 1 aliphatic rings. The molecule has 1 aromatic rings. The minimum absolute atomic E-state index is 0.247. The van der Waals surface area contributed by atoms with Gasteiger partial charge >= 0.3 is 0 Å². The third-order valence-electron chi connectivity index (χ3n) is 2.78. The number of thioether (sulfide) groups is 1. The van der Waals surface area contributed by atoms with Crippen LogP contribution in [0, 0.1) is 0 Å². The van der Waals surface area contributed by atoms with E-state index in [0.29, 0.717) is 6.04 Å². The maximum absolute atomic E-state index is 9.34. The van der Waals surface area contributed by atoms with E-state index >= 15 is 0 Å². The number of rotatable bonds is 4. The number of aromatic hydroxyl groups is 1. The zero-order chi connectivity index (χ0) is 11.4. The molecule has 0 aromatic heterocycles. The van der Waals surface area contributed by atoms with Crippen LogP contribution in [0.2, 0.25) is 0 Å². The Morgan fingerprint density at radius 1 is 1.56 bits per heavy atom. The van der Waals surface area contributed by atoms with Gasteiger partial charge in [-0.2, -0.15) is 11.8 Å². The maximum atomic E-state index is 9.34. The van der Waals surface area contributed by atoms with Crippen LogP contribution in [0.5, 0.6) is 11.5 Å². The second-order valence-corrected chi connectivity index (χ2v) is 5.09. The van der Waals surface area contributed by atoms with Crippen LogP contribution in [0.4, 0.5) is 0 Å². The Kier molecular flexibility index (Phi) is 3.96. The van der Waals surface area contributed by atoms with Gasteiger partial charge in [-0.1, -0.05) is 6.07 Å². The lowest BCUT2D eigenvalue weighted by atomic mass is 10.1. The molecule has 1 saturated heterocycles. The Morgan fingerprint density at radius 3 is 3.12 bits per heavy atom. The second kappa shape index (κ2) is 5.46. The average molecular weight is 239 g/mol. The number of phenolic OH excluding ortho intramolecular Hbond substituents is 1. The molecule has 1 aromatic carbocycles. The molecular weight excluding hydrogens is 222 g/mol. The summed E-state index contributed by atoms with van der Waals surface area (Å²) in [6, 6.07) is 5.87. The summed E-state index contributed by atoms with van der Waals surface area (Å²) in [5, 5.41) is 12.9. The molecule has 1 atom stereocenters. The zero-order valence-corrected chi connectivity index (χ0v) is 10.2. The van der Waals surface area contributed by atoms with Gasteiger partial charge in [0, 0.05) is 30.0 Å². The molecule has 1 aliphatic heterocycles. The molecule has 16 heavy (non-hydrogen) atoms. The van der Waals surface area contributed by atoms with Crippen molar-refractivity contribution >= 4 is 11.8 Å². The normalized spacial score (nSPS) is 19.9. The maximum Gasteiger partial charge on any atom is 0.127 e. The molecule has 1 heterocycles. The first-order chi connectivity index (χ1) is 7.79. The van der Waals surface area contributed by atoms with Crippen LogP contribution in [0.1, 0.15) is 12.0 Å². The molecule has 1 fully saturated rings. The second-order valence-electron chi connectivity index (χ2n) is 3.94. The van der Waals surface area contributed by atoms with Crippen LogP contribution in [-0.2, 0) is 6.54 Å². The molecule has 0 spiro atoms. The summed E-state index contributed by atoms with van der Waals surface area (Å²) in [5.41, 5.74) is 1.09. The molecule has 0 saturated carbocycles. The molecule has 88 valence electrons. The van der Waals surface area contributed by atoms with Gasteiger partial charge in [0.1, 0.15) is 11.5 Å². The lowest BCUT2D eigenvalue weighted by Crippen LogP contribution is -2.28. The van der Waals surface area contributed by atoms with Crippen LogP contribution < -0.4 is 10.1 Å². The highest BCUT2D eigenvalue weighted by molar-refractivity contribution is 7.99. The summed E-state index contributed by atoms with van der Waals surface area (Å²) >= 11 is 2.00. The standard InChI is InChI=1S/C12H17NO2S/c1-15-12-6-11(14)3-2-9(12)7-13-10-4-5-16-8-10/h2-3,6,10,13-14H,4-5,7-8H2,1H3. The van der Waals surface area contributed by atoms with Crippen molar-refractivity contribution in [2.75, 3.05) is 18.6 Å². The van der Waals surface area contributed by atoms with Gasteiger partial charge in [0.15, 0.2) is 0 Å².